The van der Waals surface area contributed by atoms with Gasteiger partial charge in [-0.05, 0) is 47.5 Å². The molecule has 0 radical (unpaired) electrons. The number of hydrogen-bond acceptors (Lipinski definition) is 7. The van der Waals surface area contributed by atoms with Crippen LogP contribution in [0.2, 0.25) is 0 Å². The van der Waals surface area contributed by atoms with E-state index in [1.54, 1.807) is 24.2 Å². The predicted molar refractivity (Wildman–Crippen MR) is 146 cm³/mol. The molecule has 6 rings (SSSR count). The number of benzene rings is 1. The number of piperazine rings is 1. The number of hydrogen-bond donors (Lipinski definition) is 0. The van der Waals surface area contributed by atoms with Gasteiger partial charge in [0.15, 0.2) is 0 Å². The van der Waals surface area contributed by atoms with Crippen LogP contribution in [0.3, 0.4) is 0 Å². The van der Waals surface area contributed by atoms with Crippen molar-refractivity contribution < 1.29 is 4.74 Å². The Morgan fingerprint density at radius 2 is 1.71 bits per heavy atom. The summed E-state index contributed by atoms with van der Waals surface area (Å²) in [5, 5.41) is 14.0. The van der Waals surface area contributed by atoms with Crippen LogP contribution < -0.4 is 9.64 Å². The minimum atomic E-state index is 0.513. The first-order valence-corrected chi connectivity index (χ1v) is 12.6. The van der Waals surface area contributed by atoms with Crippen LogP contribution in [0.4, 0.5) is 5.69 Å². The number of nitrogens with zero attached hydrogens (tertiary/aromatic N) is 8. The van der Waals surface area contributed by atoms with E-state index < -0.39 is 0 Å². The van der Waals surface area contributed by atoms with Gasteiger partial charge in [-0.25, -0.2) is 4.98 Å². The number of imidazole rings is 1. The highest BCUT2D eigenvalue weighted by atomic mass is 16.5. The van der Waals surface area contributed by atoms with Crippen molar-refractivity contribution in [3.05, 3.63) is 84.7 Å². The number of rotatable bonds is 6. The number of aryl methyl sites for hydroxylation is 1. The third-order valence-corrected chi connectivity index (χ3v) is 7.08. The van der Waals surface area contributed by atoms with E-state index in [2.05, 4.69) is 61.3 Å². The molecule has 0 spiro atoms. The smallest absolute Gasteiger partial charge is 0.145 e. The summed E-state index contributed by atoms with van der Waals surface area (Å²) in [6.45, 7) is 4.70. The number of aromatic nitrogens is 5. The van der Waals surface area contributed by atoms with Gasteiger partial charge >= 0.3 is 0 Å². The molecule has 0 N–H and O–H groups in total. The van der Waals surface area contributed by atoms with Crippen LogP contribution in [0.15, 0.2) is 73.3 Å². The molecular formula is C29H28N8O. The summed E-state index contributed by atoms with van der Waals surface area (Å²) < 4.78 is 8.91. The number of ether oxygens (including phenoxy) is 1. The largest absolute Gasteiger partial charge is 0.495 e. The number of pyridine rings is 2. The zero-order valence-corrected chi connectivity index (χ0v) is 21.4. The maximum atomic E-state index is 9.69. The summed E-state index contributed by atoms with van der Waals surface area (Å²) in [6, 6.07) is 19.0. The van der Waals surface area contributed by atoms with Crippen molar-refractivity contribution in [1.82, 2.24) is 29.0 Å². The average molecular weight is 505 g/mol. The van der Waals surface area contributed by atoms with Crippen LogP contribution in [-0.2, 0) is 13.6 Å². The van der Waals surface area contributed by atoms with Crippen molar-refractivity contribution in [1.29, 1.82) is 5.26 Å². The van der Waals surface area contributed by atoms with Crippen LogP contribution in [-0.4, -0.2) is 62.3 Å². The molecule has 0 aliphatic carbocycles. The second-order valence-corrected chi connectivity index (χ2v) is 9.48. The van der Waals surface area contributed by atoms with Crippen molar-refractivity contribution in [2.75, 3.05) is 38.2 Å². The molecule has 5 aromatic rings. The first-order chi connectivity index (χ1) is 18.6. The van der Waals surface area contributed by atoms with Crippen LogP contribution >= 0.6 is 0 Å². The Bertz CT molecular complexity index is 1600. The molecule has 5 heterocycles. The predicted octanol–water partition coefficient (Wildman–Crippen LogP) is 4.00. The van der Waals surface area contributed by atoms with Gasteiger partial charge in [0.05, 0.1) is 37.1 Å². The minimum Gasteiger partial charge on any atom is -0.495 e. The van der Waals surface area contributed by atoms with Crippen LogP contribution in [0.1, 0.15) is 11.4 Å². The molecule has 4 aromatic heterocycles. The molecule has 38 heavy (non-hydrogen) atoms. The first kappa shape index (κ1) is 23.7. The van der Waals surface area contributed by atoms with Gasteiger partial charge in [0, 0.05) is 57.2 Å². The molecule has 0 atom stereocenters. The highest BCUT2D eigenvalue weighted by Gasteiger charge is 2.19. The summed E-state index contributed by atoms with van der Waals surface area (Å²) in [4.78, 5) is 13.9. The normalized spacial score (nSPS) is 14.1. The fourth-order valence-electron chi connectivity index (χ4n) is 5.00. The molecule has 9 heteroatoms. The van der Waals surface area contributed by atoms with Gasteiger partial charge in [-0.15, -0.1) is 0 Å². The molecule has 0 bridgehead atoms. The average Bonchev–Trinajstić information content (AvgIpc) is 3.59. The van der Waals surface area contributed by atoms with Crippen LogP contribution in [0, 0.1) is 11.3 Å². The van der Waals surface area contributed by atoms with Crippen molar-refractivity contribution in [3.8, 4) is 34.2 Å². The van der Waals surface area contributed by atoms with Gasteiger partial charge in [0.1, 0.15) is 23.2 Å². The molecule has 0 amide bonds. The summed E-state index contributed by atoms with van der Waals surface area (Å²) in [6.07, 6.45) is 7.23. The second kappa shape index (κ2) is 10.00. The van der Waals surface area contributed by atoms with E-state index in [4.69, 9.17) is 4.74 Å². The Hall–Kier alpha value is -4.68. The molecule has 1 aliphatic rings. The summed E-state index contributed by atoms with van der Waals surface area (Å²) in [5.74, 6) is 0.781. The topological polar surface area (TPSA) is 87.5 Å². The molecule has 9 nitrogen and oxygen atoms in total. The number of anilines is 1. The molecule has 1 aliphatic heterocycles. The maximum absolute atomic E-state index is 9.69. The highest BCUT2D eigenvalue weighted by Crippen LogP contribution is 2.31. The van der Waals surface area contributed by atoms with Crippen molar-refractivity contribution in [3.63, 3.8) is 0 Å². The standard InChI is InChI=1S/C29H28N8O/c1-34-19-23(16-33-34)22-13-28(37-26(15-30)17-32-29(37)14-22)21-3-6-25(7-4-21)36-11-9-35(10-12-36)20-24-5-8-27(38-2)18-31-24/h3-8,13-14,16-19H,9-12,20H2,1-2H3. The van der Waals surface area contributed by atoms with E-state index in [0.29, 0.717) is 5.69 Å². The van der Waals surface area contributed by atoms with Crippen molar-refractivity contribution in [2.45, 2.75) is 6.54 Å². The van der Waals surface area contributed by atoms with E-state index in [9.17, 15) is 5.26 Å². The Balaban J connectivity index is 1.21. The van der Waals surface area contributed by atoms with Crippen molar-refractivity contribution in [2.24, 2.45) is 7.05 Å². The Kier molecular flexibility index (Phi) is 6.23. The minimum absolute atomic E-state index is 0.513. The first-order valence-electron chi connectivity index (χ1n) is 12.6. The van der Waals surface area contributed by atoms with E-state index in [-0.39, 0.29) is 0 Å². The summed E-state index contributed by atoms with van der Waals surface area (Å²) in [5.41, 5.74) is 7.49. The number of fused-ring (bicyclic) bond motifs is 1. The third kappa shape index (κ3) is 4.58. The molecule has 1 fully saturated rings. The molecule has 0 saturated carbocycles. The Morgan fingerprint density at radius 1 is 0.895 bits per heavy atom. The fourth-order valence-corrected chi connectivity index (χ4v) is 5.00. The van der Waals surface area contributed by atoms with Crippen LogP contribution in [0.5, 0.6) is 5.75 Å². The van der Waals surface area contributed by atoms with Gasteiger partial charge in [-0.1, -0.05) is 12.1 Å². The van der Waals surface area contributed by atoms with Gasteiger partial charge in [0.2, 0.25) is 0 Å². The zero-order valence-electron chi connectivity index (χ0n) is 21.4. The lowest BCUT2D eigenvalue weighted by molar-refractivity contribution is 0.247. The summed E-state index contributed by atoms with van der Waals surface area (Å²) in [7, 11) is 3.56. The summed E-state index contributed by atoms with van der Waals surface area (Å²) >= 11 is 0. The Morgan fingerprint density at radius 3 is 2.37 bits per heavy atom. The number of nitriles is 1. The van der Waals surface area contributed by atoms with Gasteiger partial charge in [-0.3, -0.25) is 19.0 Å². The van der Waals surface area contributed by atoms with E-state index in [0.717, 1.165) is 72.2 Å². The monoisotopic (exact) mass is 504 g/mol. The highest BCUT2D eigenvalue weighted by molar-refractivity contribution is 5.76. The second-order valence-electron chi connectivity index (χ2n) is 9.48. The quantitative estimate of drug-likeness (QED) is 0.345. The molecule has 190 valence electrons. The molecule has 1 saturated heterocycles. The Labute approximate surface area is 221 Å². The van der Waals surface area contributed by atoms with E-state index in [1.807, 2.05) is 42.0 Å². The number of methoxy groups -OCH3 is 1. The van der Waals surface area contributed by atoms with E-state index >= 15 is 0 Å². The molecular weight excluding hydrogens is 476 g/mol. The zero-order chi connectivity index (χ0) is 26.1. The fraction of sp³-hybridized carbons (Fsp3) is 0.241. The third-order valence-electron chi connectivity index (χ3n) is 7.08. The molecule has 0 unspecified atom stereocenters. The van der Waals surface area contributed by atoms with Crippen LogP contribution in [0.25, 0.3) is 28.0 Å². The lowest BCUT2D eigenvalue weighted by atomic mass is 10.0. The van der Waals surface area contributed by atoms with Crippen molar-refractivity contribution >= 4 is 11.3 Å². The van der Waals surface area contributed by atoms with Gasteiger partial charge in [-0.2, -0.15) is 10.4 Å². The lowest BCUT2D eigenvalue weighted by Gasteiger charge is -2.36. The lowest BCUT2D eigenvalue weighted by Crippen LogP contribution is -2.46. The van der Waals surface area contributed by atoms with Gasteiger partial charge in [0.25, 0.3) is 0 Å². The maximum Gasteiger partial charge on any atom is 0.145 e. The molecule has 1 aromatic carbocycles. The SMILES string of the molecule is COc1ccc(CN2CCN(c3ccc(-c4cc(-c5cnn(C)c5)cc5ncc(C#N)n45)cc3)CC2)nc1. The van der Waals surface area contributed by atoms with Gasteiger partial charge < -0.3 is 9.64 Å². The van der Waals surface area contributed by atoms with E-state index in [1.165, 1.54) is 5.69 Å².